The summed E-state index contributed by atoms with van der Waals surface area (Å²) in [4.78, 5) is 41.7. The van der Waals surface area contributed by atoms with Gasteiger partial charge in [-0.05, 0) is 30.4 Å². The Morgan fingerprint density at radius 2 is 2.07 bits per heavy atom. The molecule has 1 aromatic heterocycles. The molecule has 0 spiro atoms. The molecule has 0 unspecified atom stereocenters. The Morgan fingerprint density at radius 3 is 2.77 bits per heavy atom. The Balaban J connectivity index is 1.46. The number of benzene rings is 1. The Kier molecular flexibility index (Phi) is 5.83. The van der Waals surface area contributed by atoms with Crippen LogP contribution >= 0.6 is 0 Å². The second-order valence-corrected chi connectivity index (χ2v) is 7.91. The number of nitrogens with zero attached hydrogens (tertiary/aromatic N) is 3. The number of methoxy groups -OCH3 is 1. The van der Waals surface area contributed by atoms with Crippen molar-refractivity contribution in [3.63, 3.8) is 0 Å². The Labute approximate surface area is 175 Å². The molecule has 0 aliphatic carbocycles. The molecule has 2 saturated heterocycles. The zero-order valence-corrected chi connectivity index (χ0v) is 17.0. The van der Waals surface area contributed by atoms with E-state index in [0.717, 1.165) is 17.5 Å². The van der Waals surface area contributed by atoms with Gasteiger partial charge in [-0.2, -0.15) is 5.10 Å². The van der Waals surface area contributed by atoms with Gasteiger partial charge < -0.3 is 14.5 Å². The second kappa shape index (κ2) is 8.69. The summed E-state index contributed by atoms with van der Waals surface area (Å²) in [6.07, 6.45) is 5.92. The quantitative estimate of drug-likeness (QED) is 0.732. The summed E-state index contributed by atoms with van der Waals surface area (Å²) in [5, 5.41) is 6.67. The highest BCUT2D eigenvalue weighted by molar-refractivity contribution is 5.88. The molecule has 2 aromatic rings. The molecule has 3 atom stereocenters. The molecule has 2 fully saturated rings. The van der Waals surface area contributed by atoms with Crippen LogP contribution in [0.4, 0.5) is 0 Å². The number of nitrogens with one attached hydrogen (secondary N) is 1. The van der Waals surface area contributed by atoms with E-state index in [1.807, 2.05) is 36.5 Å². The zero-order valence-electron chi connectivity index (χ0n) is 17.0. The van der Waals surface area contributed by atoms with E-state index in [0.29, 0.717) is 25.8 Å². The van der Waals surface area contributed by atoms with E-state index in [2.05, 4.69) is 10.2 Å². The van der Waals surface area contributed by atoms with E-state index in [9.17, 15) is 14.4 Å². The molecule has 30 heavy (non-hydrogen) atoms. The minimum atomic E-state index is -0.428. The third-order valence-electron chi connectivity index (χ3n) is 6.05. The predicted molar refractivity (Wildman–Crippen MR) is 108 cm³/mol. The highest BCUT2D eigenvalue weighted by atomic mass is 16.5. The van der Waals surface area contributed by atoms with Crippen molar-refractivity contribution in [1.82, 2.24) is 20.0 Å². The standard InChI is InChI=1S/C22H26N4O4/c1-30-22(29)18-10-17-13-25(19(27)9-5-6-15-11-23-24-12-15)14-20(28)26(17)21(18)16-7-3-2-4-8-16/h2-4,7-8,11-12,17-18,21H,5-6,9-10,13-14H2,1H3,(H,23,24)/t17-,18-,21-/m0/s1. The number of amides is 2. The summed E-state index contributed by atoms with van der Waals surface area (Å²) < 4.78 is 5.02. The van der Waals surface area contributed by atoms with Crippen LogP contribution in [0.1, 0.15) is 36.4 Å². The maximum Gasteiger partial charge on any atom is 0.311 e. The number of esters is 1. The zero-order chi connectivity index (χ0) is 21.1. The number of ether oxygens (including phenoxy) is 1. The summed E-state index contributed by atoms with van der Waals surface area (Å²) in [6, 6.07) is 9.05. The average molecular weight is 410 g/mol. The van der Waals surface area contributed by atoms with Gasteiger partial charge in [-0.1, -0.05) is 30.3 Å². The van der Waals surface area contributed by atoms with Gasteiger partial charge in [0.15, 0.2) is 0 Å². The summed E-state index contributed by atoms with van der Waals surface area (Å²) in [5.74, 6) is -0.884. The van der Waals surface area contributed by atoms with Gasteiger partial charge in [0, 0.05) is 19.2 Å². The molecule has 1 N–H and O–H groups in total. The third kappa shape index (κ3) is 3.94. The van der Waals surface area contributed by atoms with E-state index in [1.54, 1.807) is 16.0 Å². The average Bonchev–Trinajstić information content (AvgIpc) is 3.41. The van der Waals surface area contributed by atoms with E-state index in [-0.39, 0.29) is 36.4 Å². The van der Waals surface area contributed by atoms with Crippen molar-refractivity contribution in [2.24, 2.45) is 5.92 Å². The van der Waals surface area contributed by atoms with Crippen LogP contribution in [0, 0.1) is 5.92 Å². The number of rotatable bonds is 6. The van der Waals surface area contributed by atoms with Gasteiger partial charge in [-0.25, -0.2) is 0 Å². The number of hydrogen-bond donors (Lipinski definition) is 1. The van der Waals surface area contributed by atoms with E-state index >= 15 is 0 Å². The first-order chi connectivity index (χ1) is 14.6. The largest absolute Gasteiger partial charge is 0.469 e. The Morgan fingerprint density at radius 1 is 1.27 bits per heavy atom. The maximum absolute atomic E-state index is 13.1. The van der Waals surface area contributed by atoms with Crippen LogP contribution in [-0.2, 0) is 25.5 Å². The molecule has 0 saturated carbocycles. The van der Waals surface area contributed by atoms with Crippen LogP contribution in [0.15, 0.2) is 42.7 Å². The van der Waals surface area contributed by atoms with Crippen molar-refractivity contribution < 1.29 is 19.1 Å². The highest BCUT2D eigenvalue weighted by Crippen LogP contribution is 2.43. The number of hydrogen-bond acceptors (Lipinski definition) is 5. The lowest BCUT2D eigenvalue weighted by Gasteiger charge is -2.40. The first-order valence-electron chi connectivity index (χ1n) is 10.3. The van der Waals surface area contributed by atoms with Crippen LogP contribution in [0.3, 0.4) is 0 Å². The molecule has 8 nitrogen and oxygen atoms in total. The van der Waals surface area contributed by atoms with Crippen LogP contribution in [0.25, 0.3) is 0 Å². The topological polar surface area (TPSA) is 95.6 Å². The van der Waals surface area contributed by atoms with Gasteiger partial charge in [0.25, 0.3) is 0 Å². The lowest BCUT2D eigenvalue weighted by Crippen LogP contribution is -2.55. The molecule has 0 radical (unpaired) electrons. The fraction of sp³-hybridized carbons (Fsp3) is 0.455. The fourth-order valence-electron chi connectivity index (χ4n) is 4.67. The molecule has 2 aliphatic rings. The van der Waals surface area contributed by atoms with Crippen molar-refractivity contribution in [2.75, 3.05) is 20.2 Å². The summed E-state index contributed by atoms with van der Waals surface area (Å²) in [7, 11) is 1.37. The lowest BCUT2D eigenvalue weighted by molar-refractivity contribution is -0.151. The van der Waals surface area contributed by atoms with E-state index < -0.39 is 5.92 Å². The number of carbonyl (C=O) groups is 3. The van der Waals surface area contributed by atoms with Gasteiger partial charge in [0.05, 0.1) is 37.9 Å². The number of fused-ring (bicyclic) bond motifs is 1. The van der Waals surface area contributed by atoms with Crippen LogP contribution < -0.4 is 0 Å². The molecule has 2 aliphatic heterocycles. The van der Waals surface area contributed by atoms with Crippen molar-refractivity contribution >= 4 is 17.8 Å². The summed E-state index contributed by atoms with van der Waals surface area (Å²) in [6.45, 7) is 0.505. The predicted octanol–water partition coefficient (Wildman–Crippen LogP) is 1.71. The lowest BCUT2D eigenvalue weighted by atomic mass is 9.93. The third-order valence-corrected chi connectivity index (χ3v) is 6.05. The summed E-state index contributed by atoms with van der Waals surface area (Å²) >= 11 is 0. The van der Waals surface area contributed by atoms with E-state index in [1.165, 1.54) is 7.11 Å². The van der Waals surface area contributed by atoms with Crippen LogP contribution in [-0.4, -0.2) is 64.0 Å². The van der Waals surface area contributed by atoms with Gasteiger partial charge >= 0.3 is 5.97 Å². The molecule has 158 valence electrons. The summed E-state index contributed by atoms with van der Waals surface area (Å²) in [5.41, 5.74) is 1.98. The molecule has 1 aromatic carbocycles. The minimum Gasteiger partial charge on any atom is -0.469 e. The van der Waals surface area contributed by atoms with Crippen molar-refractivity contribution in [2.45, 2.75) is 37.8 Å². The molecule has 4 rings (SSSR count). The Bertz CT molecular complexity index is 899. The molecular formula is C22H26N4O4. The van der Waals surface area contributed by atoms with Crippen molar-refractivity contribution in [1.29, 1.82) is 0 Å². The number of H-pyrrole nitrogens is 1. The van der Waals surface area contributed by atoms with Crippen molar-refractivity contribution in [3.05, 3.63) is 53.9 Å². The monoisotopic (exact) mass is 410 g/mol. The molecule has 2 amide bonds. The number of piperazine rings is 1. The molecule has 3 heterocycles. The van der Waals surface area contributed by atoms with Crippen molar-refractivity contribution in [3.8, 4) is 0 Å². The second-order valence-electron chi connectivity index (χ2n) is 7.91. The Hall–Kier alpha value is -3.16. The number of aromatic amines is 1. The van der Waals surface area contributed by atoms with Gasteiger partial charge in [0.1, 0.15) is 0 Å². The molecular weight excluding hydrogens is 384 g/mol. The maximum atomic E-state index is 13.1. The van der Waals surface area contributed by atoms with Crippen LogP contribution in [0.2, 0.25) is 0 Å². The number of aromatic nitrogens is 2. The molecule has 8 heteroatoms. The highest BCUT2D eigenvalue weighted by Gasteiger charge is 2.51. The first kappa shape index (κ1) is 20.1. The number of carbonyl (C=O) groups excluding carboxylic acids is 3. The van der Waals surface area contributed by atoms with Gasteiger partial charge in [-0.15, -0.1) is 0 Å². The van der Waals surface area contributed by atoms with Gasteiger partial charge in [0.2, 0.25) is 11.8 Å². The molecule has 0 bridgehead atoms. The van der Waals surface area contributed by atoms with Gasteiger partial charge in [-0.3, -0.25) is 19.5 Å². The van der Waals surface area contributed by atoms with E-state index in [4.69, 9.17) is 4.74 Å². The smallest absolute Gasteiger partial charge is 0.311 e. The first-order valence-corrected chi connectivity index (χ1v) is 10.3. The normalized spacial score (nSPS) is 23.4. The minimum absolute atomic E-state index is 0.0238. The fourth-order valence-corrected chi connectivity index (χ4v) is 4.67. The number of aryl methyl sites for hydroxylation is 1. The van der Waals surface area contributed by atoms with Crippen LogP contribution in [0.5, 0.6) is 0 Å². The SMILES string of the molecule is COC(=O)[C@H]1C[C@H]2CN(C(=O)CCCc3cn[nH]c3)CC(=O)N2[C@H]1c1ccccc1.